The minimum atomic E-state index is -1.41. The summed E-state index contributed by atoms with van der Waals surface area (Å²) in [5.41, 5.74) is 3.69. The molecule has 4 aromatic rings. The van der Waals surface area contributed by atoms with Crippen LogP contribution in [0.15, 0.2) is 115 Å². The summed E-state index contributed by atoms with van der Waals surface area (Å²) < 4.78 is 12.3. The monoisotopic (exact) mass is 505 g/mol. The normalized spacial score (nSPS) is 10.9. The number of quaternary nitrogens is 1. The molecule has 0 saturated carbocycles. The fourth-order valence-corrected chi connectivity index (χ4v) is 4.36. The quantitative estimate of drug-likeness (QED) is 0.147. The predicted octanol–water partition coefficient (Wildman–Crippen LogP) is 4.89. The van der Waals surface area contributed by atoms with Gasteiger partial charge < -0.3 is 14.0 Å². The zero-order chi connectivity index (χ0) is 27.3. The first kappa shape index (κ1) is 28.6. The Morgan fingerprint density at radius 1 is 0.605 bits per heavy atom. The lowest BCUT2D eigenvalue weighted by Crippen LogP contribution is -2.66. The zero-order valence-corrected chi connectivity index (χ0v) is 23.4. The van der Waals surface area contributed by atoms with E-state index >= 15 is 0 Å². The largest absolute Gasteiger partial charge is 0.493 e. The summed E-state index contributed by atoms with van der Waals surface area (Å²) in [5.74, 6) is 8.76. The molecule has 0 fully saturated rings. The van der Waals surface area contributed by atoms with Crippen molar-refractivity contribution in [2.45, 2.75) is 12.8 Å². The van der Waals surface area contributed by atoms with E-state index in [9.17, 15) is 0 Å². The van der Waals surface area contributed by atoms with Crippen LogP contribution in [-0.2, 0) is 0 Å². The standard InChI is InChI=1S/C30H28BO2.C4H12N/c1-32-29-22-12-13-23-30(29)33-25-15-5-14-24-31(26-16-6-2-7-17-26,27-18-8-3-9-19-27)28-20-10-4-11-21-28;1-5(2,3)4/h2-4,6-13,16-23H,5,15,25H2,1H3;1-4H3/q-1;+1. The van der Waals surface area contributed by atoms with Crippen molar-refractivity contribution >= 4 is 22.5 Å². The van der Waals surface area contributed by atoms with Gasteiger partial charge in [0.15, 0.2) is 11.5 Å². The van der Waals surface area contributed by atoms with Gasteiger partial charge in [-0.25, -0.2) is 0 Å². The third-order valence-corrected chi connectivity index (χ3v) is 5.99. The van der Waals surface area contributed by atoms with Gasteiger partial charge in [0.25, 0.3) is 0 Å². The van der Waals surface area contributed by atoms with Gasteiger partial charge in [-0.05, 0) is 18.6 Å². The smallest absolute Gasteiger partial charge is 0.161 e. The number of hydrogen-bond acceptors (Lipinski definition) is 2. The van der Waals surface area contributed by atoms with Crippen LogP contribution in [0.2, 0.25) is 0 Å². The average molecular weight is 506 g/mol. The molecule has 0 spiro atoms. The van der Waals surface area contributed by atoms with E-state index in [2.05, 4.69) is 131 Å². The Morgan fingerprint density at radius 2 is 1.00 bits per heavy atom. The molecule has 4 aromatic carbocycles. The van der Waals surface area contributed by atoms with Gasteiger partial charge in [0.2, 0.25) is 0 Å². The molecule has 0 aromatic heterocycles. The van der Waals surface area contributed by atoms with Crippen molar-refractivity contribution in [2.75, 3.05) is 41.9 Å². The van der Waals surface area contributed by atoms with E-state index < -0.39 is 6.15 Å². The highest BCUT2D eigenvalue weighted by Gasteiger charge is 2.27. The van der Waals surface area contributed by atoms with Crippen LogP contribution in [0, 0.1) is 11.7 Å². The van der Waals surface area contributed by atoms with Gasteiger partial charge in [-0.1, -0.05) is 103 Å². The molecule has 0 N–H and O–H groups in total. The topological polar surface area (TPSA) is 18.5 Å². The van der Waals surface area contributed by atoms with E-state index in [1.807, 2.05) is 24.3 Å². The lowest BCUT2D eigenvalue weighted by Gasteiger charge is -2.38. The molecule has 0 aliphatic carbocycles. The molecule has 0 aliphatic rings. The second-order valence-electron chi connectivity index (χ2n) is 10.7. The van der Waals surface area contributed by atoms with E-state index in [4.69, 9.17) is 9.47 Å². The molecule has 196 valence electrons. The second kappa shape index (κ2) is 14.1. The van der Waals surface area contributed by atoms with Crippen molar-refractivity contribution in [3.63, 3.8) is 0 Å². The molecule has 4 heteroatoms. The van der Waals surface area contributed by atoms with E-state index in [1.54, 1.807) is 7.11 Å². The lowest BCUT2D eigenvalue weighted by atomic mass is 9.16. The van der Waals surface area contributed by atoms with Crippen molar-refractivity contribution < 1.29 is 14.0 Å². The minimum absolute atomic E-state index is 0.594. The molecule has 0 radical (unpaired) electrons. The van der Waals surface area contributed by atoms with E-state index in [1.165, 1.54) is 16.4 Å². The molecule has 0 heterocycles. The summed E-state index contributed by atoms with van der Waals surface area (Å²) >= 11 is 0. The molecule has 38 heavy (non-hydrogen) atoms. The molecule has 4 rings (SSSR count). The summed E-state index contributed by atoms with van der Waals surface area (Å²) in [5, 5.41) is 0. The number of hydrogen-bond donors (Lipinski definition) is 0. The summed E-state index contributed by atoms with van der Waals surface area (Å²) in [6, 6.07) is 39.7. The van der Waals surface area contributed by atoms with Crippen molar-refractivity contribution in [3.05, 3.63) is 115 Å². The minimum Gasteiger partial charge on any atom is -0.493 e. The van der Waals surface area contributed by atoms with Crippen molar-refractivity contribution in [1.82, 2.24) is 0 Å². The SMILES string of the molecule is COc1ccccc1OCCCC#C[B-](c1ccccc1)(c1ccccc1)c1ccccc1.C[N+](C)(C)C. The van der Waals surface area contributed by atoms with E-state index in [0.717, 1.165) is 28.8 Å². The van der Waals surface area contributed by atoms with Crippen LogP contribution in [0.25, 0.3) is 0 Å². The first-order valence-electron chi connectivity index (χ1n) is 13.2. The average Bonchev–Trinajstić information content (AvgIpc) is 2.93. The third kappa shape index (κ3) is 8.30. The molecule has 0 bridgehead atoms. The first-order valence-corrected chi connectivity index (χ1v) is 13.2. The second-order valence-corrected chi connectivity index (χ2v) is 10.7. The highest BCUT2D eigenvalue weighted by molar-refractivity contribution is 7.16. The number of rotatable bonds is 8. The van der Waals surface area contributed by atoms with Gasteiger partial charge in [-0.3, -0.25) is 5.82 Å². The zero-order valence-electron chi connectivity index (χ0n) is 23.4. The molecule has 0 aliphatic heterocycles. The van der Waals surface area contributed by atoms with Gasteiger partial charge in [0.1, 0.15) is 6.15 Å². The summed E-state index contributed by atoms with van der Waals surface area (Å²) in [7, 11) is 10.2. The predicted molar refractivity (Wildman–Crippen MR) is 163 cm³/mol. The number of nitrogens with zero attached hydrogens (tertiary/aromatic N) is 1. The van der Waals surface area contributed by atoms with Crippen molar-refractivity contribution in [1.29, 1.82) is 0 Å². The lowest BCUT2D eigenvalue weighted by molar-refractivity contribution is -0.849. The number of ether oxygens (including phenoxy) is 2. The number of para-hydroxylation sites is 2. The van der Waals surface area contributed by atoms with Gasteiger partial charge in [-0.2, -0.15) is 16.4 Å². The summed E-state index contributed by atoms with van der Waals surface area (Å²) in [6.07, 6.45) is 0.186. The van der Waals surface area contributed by atoms with Crippen LogP contribution in [0.5, 0.6) is 11.5 Å². The number of unbranched alkanes of at least 4 members (excludes halogenated alkanes) is 1. The maximum Gasteiger partial charge on any atom is 0.161 e. The fraction of sp³-hybridized carbons (Fsp3) is 0.235. The number of methoxy groups -OCH3 is 1. The Balaban J connectivity index is 0.000000732. The molecule has 3 nitrogen and oxygen atoms in total. The van der Waals surface area contributed by atoms with E-state index in [0.29, 0.717) is 6.61 Å². The Morgan fingerprint density at radius 3 is 1.42 bits per heavy atom. The van der Waals surface area contributed by atoms with Gasteiger partial charge in [0, 0.05) is 6.42 Å². The van der Waals surface area contributed by atoms with Crippen LogP contribution in [-0.4, -0.2) is 52.5 Å². The number of benzene rings is 4. The molecule has 0 amide bonds. The molecule has 0 unspecified atom stereocenters. The summed E-state index contributed by atoms with van der Waals surface area (Å²) in [6.45, 7) is 0.594. The first-order chi connectivity index (χ1) is 18.3. The Labute approximate surface area is 229 Å². The third-order valence-electron chi connectivity index (χ3n) is 5.99. The van der Waals surface area contributed by atoms with Crippen LogP contribution in [0.4, 0.5) is 0 Å². The Hall–Kier alpha value is -3.94. The summed E-state index contributed by atoms with van der Waals surface area (Å²) in [4.78, 5) is 0. The van der Waals surface area contributed by atoms with E-state index in [-0.39, 0.29) is 0 Å². The molecular formula is C34H40BNO2. The highest BCUT2D eigenvalue weighted by Crippen LogP contribution is 2.25. The van der Waals surface area contributed by atoms with Crippen LogP contribution < -0.4 is 25.9 Å². The van der Waals surface area contributed by atoms with Crippen molar-refractivity contribution in [2.24, 2.45) is 0 Å². The Bertz CT molecular complexity index is 1190. The Kier molecular flexibility index (Phi) is 10.6. The highest BCUT2D eigenvalue weighted by atomic mass is 16.5. The van der Waals surface area contributed by atoms with Crippen LogP contribution >= 0.6 is 0 Å². The van der Waals surface area contributed by atoms with Crippen LogP contribution in [0.3, 0.4) is 0 Å². The molecular weight excluding hydrogens is 465 g/mol. The molecule has 0 atom stereocenters. The fourth-order valence-electron chi connectivity index (χ4n) is 4.36. The van der Waals surface area contributed by atoms with Crippen molar-refractivity contribution in [3.8, 4) is 23.2 Å². The van der Waals surface area contributed by atoms with Gasteiger partial charge in [0.05, 0.1) is 41.9 Å². The van der Waals surface area contributed by atoms with Gasteiger partial charge in [-0.15, -0.1) is 5.92 Å². The van der Waals surface area contributed by atoms with Crippen LogP contribution in [0.1, 0.15) is 12.8 Å². The molecule has 0 saturated heterocycles. The van der Waals surface area contributed by atoms with Gasteiger partial charge >= 0.3 is 0 Å². The maximum atomic E-state index is 5.93. The maximum absolute atomic E-state index is 5.93.